The SMILES string of the molecule is CC(C)CC(NC(=O)C(CC(=O)O)NC(=O)C(N)C(C)O)C(=O)NC(CCCN=C(N)N)C(=O)O. The molecule has 0 saturated carbocycles. The second-order valence-electron chi connectivity index (χ2n) is 8.46. The van der Waals surface area contributed by atoms with Crippen molar-refractivity contribution < 1.29 is 39.3 Å². The highest BCUT2D eigenvalue weighted by Gasteiger charge is 2.32. The molecule has 0 aromatic carbocycles. The Morgan fingerprint density at radius 3 is 1.83 bits per heavy atom. The lowest BCUT2D eigenvalue weighted by Crippen LogP contribution is -2.58. The standard InChI is InChI=1S/C20H37N7O8/c1-9(2)7-12(16(31)25-11(19(34)35)5-4-6-24-20(22)23)26-17(32)13(8-14(29)30)27-18(33)15(21)10(3)28/h9-13,15,28H,4-8,21H2,1-3H3,(H,25,31)(H,26,32)(H,27,33)(H,29,30)(H,34,35)(H4,22,23,24). The van der Waals surface area contributed by atoms with Crippen molar-refractivity contribution in [2.75, 3.05) is 6.54 Å². The summed E-state index contributed by atoms with van der Waals surface area (Å²) < 4.78 is 0. The first-order valence-electron chi connectivity index (χ1n) is 11.0. The molecule has 12 N–H and O–H groups in total. The maximum atomic E-state index is 12.8. The fraction of sp³-hybridized carbons (Fsp3) is 0.700. The topological polar surface area (TPSA) is 273 Å². The lowest BCUT2D eigenvalue weighted by atomic mass is 10.0. The molecule has 0 aromatic heterocycles. The predicted octanol–water partition coefficient (Wildman–Crippen LogP) is -3.19. The van der Waals surface area contributed by atoms with E-state index in [9.17, 15) is 34.2 Å². The van der Waals surface area contributed by atoms with Crippen molar-refractivity contribution in [2.24, 2.45) is 28.1 Å². The third-order valence-electron chi connectivity index (χ3n) is 4.73. The molecule has 0 heterocycles. The zero-order valence-corrected chi connectivity index (χ0v) is 20.1. The zero-order valence-electron chi connectivity index (χ0n) is 20.1. The number of nitrogens with two attached hydrogens (primary N) is 3. The molecule has 0 spiro atoms. The highest BCUT2D eigenvalue weighted by molar-refractivity contribution is 5.95. The van der Waals surface area contributed by atoms with E-state index in [0.717, 1.165) is 0 Å². The minimum absolute atomic E-state index is 0.00906. The maximum absolute atomic E-state index is 12.8. The summed E-state index contributed by atoms with van der Waals surface area (Å²) in [6.45, 7) is 4.91. The molecule has 0 bridgehead atoms. The van der Waals surface area contributed by atoms with E-state index in [-0.39, 0.29) is 37.7 Å². The first kappa shape index (κ1) is 31.5. The van der Waals surface area contributed by atoms with E-state index in [1.807, 2.05) is 0 Å². The van der Waals surface area contributed by atoms with Gasteiger partial charge in [0.1, 0.15) is 24.2 Å². The number of amides is 3. The average molecular weight is 504 g/mol. The largest absolute Gasteiger partial charge is 0.481 e. The molecule has 0 fully saturated rings. The Labute approximate surface area is 202 Å². The summed E-state index contributed by atoms with van der Waals surface area (Å²) in [5.74, 6) is -5.74. The molecule has 0 aliphatic heterocycles. The van der Waals surface area contributed by atoms with Crippen molar-refractivity contribution >= 4 is 35.6 Å². The first-order chi connectivity index (χ1) is 16.1. The van der Waals surface area contributed by atoms with Gasteiger partial charge in [-0.05, 0) is 32.1 Å². The molecular formula is C20H37N7O8. The Hall–Kier alpha value is -3.46. The molecule has 0 aliphatic rings. The van der Waals surface area contributed by atoms with Gasteiger partial charge in [0.15, 0.2) is 5.96 Å². The van der Waals surface area contributed by atoms with Crippen molar-refractivity contribution in [1.29, 1.82) is 0 Å². The van der Waals surface area contributed by atoms with Crippen LogP contribution in [0, 0.1) is 5.92 Å². The van der Waals surface area contributed by atoms with Gasteiger partial charge < -0.3 is 48.5 Å². The van der Waals surface area contributed by atoms with E-state index >= 15 is 0 Å². The summed E-state index contributed by atoms with van der Waals surface area (Å²) in [6.07, 6.45) is -1.72. The number of carboxylic acid groups (broad SMARTS) is 2. The Kier molecular flexibility index (Phi) is 13.9. The van der Waals surface area contributed by atoms with Crippen LogP contribution in [0.2, 0.25) is 0 Å². The highest BCUT2D eigenvalue weighted by Crippen LogP contribution is 2.08. The van der Waals surface area contributed by atoms with Gasteiger partial charge in [-0.1, -0.05) is 13.8 Å². The van der Waals surface area contributed by atoms with Crippen LogP contribution in [0.5, 0.6) is 0 Å². The number of aliphatic hydroxyl groups is 1. The molecule has 0 radical (unpaired) electrons. The molecule has 15 heteroatoms. The summed E-state index contributed by atoms with van der Waals surface area (Å²) in [5.41, 5.74) is 16.0. The first-order valence-corrected chi connectivity index (χ1v) is 11.0. The van der Waals surface area contributed by atoms with Crippen LogP contribution < -0.4 is 33.2 Å². The lowest BCUT2D eigenvalue weighted by molar-refractivity contribution is -0.143. The monoisotopic (exact) mass is 503 g/mol. The average Bonchev–Trinajstić information content (AvgIpc) is 2.72. The lowest BCUT2D eigenvalue weighted by Gasteiger charge is -2.26. The number of carbonyl (C=O) groups excluding carboxylic acids is 3. The Morgan fingerprint density at radius 2 is 1.37 bits per heavy atom. The van der Waals surface area contributed by atoms with Crippen molar-refractivity contribution in [1.82, 2.24) is 16.0 Å². The van der Waals surface area contributed by atoms with Crippen molar-refractivity contribution in [3.05, 3.63) is 0 Å². The van der Waals surface area contributed by atoms with Gasteiger partial charge in [-0.15, -0.1) is 0 Å². The number of hydrogen-bond donors (Lipinski definition) is 9. The molecule has 0 aromatic rings. The van der Waals surface area contributed by atoms with Gasteiger partial charge in [-0.3, -0.25) is 24.2 Å². The molecule has 0 rings (SSSR count). The number of carbonyl (C=O) groups is 5. The summed E-state index contributed by atoms with van der Waals surface area (Å²) in [5, 5.41) is 34.9. The molecule has 5 unspecified atom stereocenters. The van der Waals surface area contributed by atoms with E-state index in [4.69, 9.17) is 22.3 Å². The van der Waals surface area contributed by atoms with Crippen LogP contribution in [0.4, 0.5) is 0 Å². The van der Waals surface area contributed by atoms with Gasteiger partial charge >= 0.3 is 11.9 Å². The minimum Gasteiger partial charge on any atom is -0.481 e. The predicted molar refractivity (Wildman–Crippen MR) is 125 cm³/mol. The van der Waals surface area contributed by atoms with Gasteiger partial charge in [0.05, 0.1) is 12.5 Å². The minimum atomic E-state index is -1.60. The van der Waals surface area contributed by atoms with Crippen LogP contribution in [0.15, 0.2) is 4.99 Å². The van der Waals surface area contributed by atoms with Crippen LogP contribution in [0.1, 0.15) is 46.5 Å². The smallest absolute Gasteiger partial charge is 0.326 e. The van der Waals surface area contributed by atoms with Crippen LogP contribution in [-0.2, 0) is 24.0 Å². The summed E-state index contributed by atoms with van der Waals surface area (Å²) >= 11 is 0. The van der Waals surface area contributed by atoms with Crippen LogP contribution in [0.25, 0.3) is 0 Å². The molecule has 0 saturated heterocycles. The normalized spacial score (nSPS) is 15.1. The Morgan fingerprint density at radius 1 is 0.857 bits per heavy atom. The molecule has 3 amide bonds. The van der Waals surface area contributed by atoms with Gasteiger partial charge in [-0.25, -0.2) is 4.79 Å². The second-order valence-corrected chi connectivity index (χ2v) is 8.46. The van der Waals surface area contributed by atoms with E-state index < -0.39 is 66.4 Å². The zero-order chi connectivity index (χ0) is 27.3. The third-order valence-corrected chi connectivity index (χ3v) is 4.73. The van der Waals surface area contributed by atoms with Crippen LogP contribution in [0.3, 0.4) is 0 Å². The fourth-order valence-electron chi connectivity index (χ4n) is 2.88. The molecule has 200 valence electrons. The molecule has 0 aliphatic carbocycles. The van der Waals surface area contributed by atoms with E-state index in [1.54, 1.807) is 13.8 Å². The van der Waals surface area contributed by atoms with Crippen molar-refractivity contribution in [3.8, 4) is 0 Å². The number of guanidine groups is 1. The van der Waals surface area contributed by atoms with Crippen LogP contribution in [-0.4, -0.2) is 87.8 Å². The van der Waals surface area contributed by atoms with Crippen molar-refractivity contribution in [3.63, 3.8) is 0 Å². The third kappa shape index (κ3) is 13.1. The number of nitrogens with one attached hydrogen (secondary N) is 3. The molecule has 35 heavy (non-hydrogen) atoms. The molecular weight excluding hydrogens is 466 g/mol. The number of rotatable bonds is 16. The van der Waals surface area contributed by atoms with Crippen molar-refractivity contribution in [2.45, 2.75) is 76.7 Å². The number of nitrogens with zero attached hydrogens (tertiary/aromatic N) is 1. The van der Waals surface area contributed by atoms with E-state index in [2.05, 4.69) is 20.9 Å². The molecule has 5 atom stereocenters. The van der Waals surface area contributed by atoms with Gasteiger partial charge in [0.2, 0.25) is 17.7 Å². The number of carboxylic acids is 2. The fourth-order valence-corrected chi connectivity index (χ4v) is 2.88. The number of aliphatic imine (C=N–C) groups is 1. The number of aliphatic carboxylic acids is 2. The molecule has 15 nitrogen and oxygen atoms in total. The van der Waals surface area contributed by atoms with Gasteiger partial charge in [0.25, 0.3) is 0 Å². The number of aliphatic hydroxyl groups excluding tert-OH is 1. The van der Waals surface area contributed by atoms with E-state index in [0.29, 0.717) is 0 Å². The quantitative estimate of drug-likeness (QED) is 0.0574. The summed E-state index contributed by atoms with van der Waals surface area (Å²) in [4.78, 5) is 64.2. The van der Waals surface area contributed by atoms with E-state index in [1.165, 1.54) is 6.92 Å². The highest BCUT2D eigenvalue weighted by atomic mass is 16.4. The number of hydrogen-bond acceptors (Lipinski definition) is 8. The summed E-state index contributed by atoms with van der Waals surface area (Å²) in [6, 6.07) is -5.52. The van der Waals surface area contributed by atoms with Gasteiger partial charge in [0, 0.05) is 6.54 Å². The Bertz CT molecular complexity index is 783. The maximum Gasteiger partial charge on any atom is 0.326 e. The Balaban J connectivity index is 5.49. The van der Waals surface area contributed by atoms with Crippen LogP contribution >= 0.6 is 0 Å². The summed E-state index contributed by atoms with van der Waals surface area (Å²) in [7, 11) is 0. The second kappa shape index (κ2) is 15.4. The van der Waals surface area contributed by atoms with Gasteiger partial charge in [-0.2, -0.15) is 0 Å².